The molecule has 1 heterocycles. The third-order valence-electron chi connectivity index (χ3n) is 6.56. The Morgan fingerprint density at radius 1 is 1.06 bits per heavy atom. The summed E-state index contributed by atoms with van der Waals surface area (Å²) in [5.41, 5.74) is 5.50. The van der Waals surface area contributed by atoms with E-state index >= 15 is 0 Å². The van der Waals surface area contributed by atoms with Crippen molar-refractivity contribution in [2.75, 3.05) is 13.2 Å². The van der Waals surface area contributed by atoms with Gasteiger partial charge in [0.25, 0.3) is 0 Å². The Bertz CT molecular complexity index is 1070. The van der Waals surface area contributed by atoms with Crippen molar-refractivity contribution in [1.29, 1.82) is 0 Å². The molecule has 0 radical (unpaired) electrons. The second-order valence-corrected chi connectivity index (χ2v) is 8.55. The van der Waals surface area contributed by atoms with Crippen molar-refractivity contribution in [3.8, 4) is 0 Å². The predicted octanol–water partition coefficient (Wildman–Crippen LogP) is 5.90. The number of hydrogen-bond donors (Lipinski definition) is 1. The molecule has 1 N–H and O–H groups in total. The lowest BCUT2D eigenvalue weighted by Gasteiger charge is -2.40. The summed E-state index contributed by atoms with van der Waals surface area (Å²) in [7, 11) is 0. The van der Waals surface area contributed by atoms with Crippen molar-refractivity contribution in [1.82, 2.24) is 4.90 Å². The smallest absolute Gasteiger partial charge is 0.335 e. The molecule has 0 unspecified atom stereocenters. The number of aromatic carboxylic acids is 1. The van der Waals surface area contributed by atoms with E-state index in [1.54, 1.807) is 12.1 Å². The van der Waals surface area contributed by atoms with Gasteiger partial charge in [-0.3, -0.25) is 4.90 Å². The summed E-state index contributed by atoms with van der Waals surface area (Å²) in [6, 6.07) is 18.5. The van der Waals surface area contributed by atoms with Gasteiger partial charge in [0.05, 0.1) is 11.7 Å². The van der Waals surface area contributed by atoms with E-state index < -0.39 is 5.97 Å². The molecular formula is C27H31NO3. The third-order valence-corrected chi connectivity index (χ3v) is 6.56. The highest BCUT2D eigenvalue weighted by molar-refractivity contribution is 5.89. The number of benzene rings is 3. The third kappa shape index (κ3) is 4.51. The standard InChI is InChI=1S/C27H31NO3/c1-4-31-22-13-14-28(26(16-22)20-9-11-21(12-10-20)27(29)30)17-25-19(3)15-18(2)23-7-5-6-8-24(23)25/h5-12,15,22,26H,4,13-14,16-17H2,1-3H3,(H,29,30)/t22-,26-/m0/s1. The van der Waals surface area contributed by atoms with Gasteiger partial charge in [0, 0.05) is 25.7 Å². The molecule has 31 heavy (non-hydrogen) atoms. The normalized spacial score (nSPS) is 19.6. The van der Waals surface area contributed by atoms with Crippen molar-refractivity contribution < 1.29 is 14.6 Å². The summed E-state index contributed by atoms with van der Waals surface area (Å²) >= 11 is 0. The molecule has 0 amide bonds. The molecule has 1 aliphatic rings. The number of ether oxygens (including phenoxy) is 1. The van der Waals surface area contributed by atoms with E-state index in [4.69, 9.17) is 4.74 Å². The maximum absolute atomic E-state index is 11.3. The van der Waals surface area contributed by atoms with Crippen molar-refractivity contribution >= 4 is 16.7 Å². The number of fused-ring (bicyclic) bond motifs is 1. The molecule has 3 aromatic carbocycles. The molecule has 0 aromatic heterocycles. The molecule has 162 valence electrons. The highest BCUT2D eigenvalue weighted by Crippen LogP contribution is 2.36. The van der Waals surface area contributed by atoms with E-state index in [-0.39, 0.29) is 12.1 Å². The number of carboxylic acid groups (broad SMARTS) is 1. The lowest BCUT2D eigenvalue weighted by atomic mass is 9.90. The van der Waals surface area contributed by atoms with Gasteiger partial charge < -0.3 is 9.84 Å². The SMILES string of the molecule is CCO[C@H]1CCN(Cc2c(C)cc(C)c3ccccc23)[C@H](c2ccc(C(=O)O)cc2)C1. The number of carbonyl (C=O) groups is 1. The molecular weight excluding hydrogens is 386 g/mol. The zero-order valence-electron chi connectivity index (χ0n) is 18.6. The van der Waals surface area contributed by atoms with Crippen LogP contribution in [0.25, 0.3) is 10.8 Å². The van der Waals surface area contributed by atoms with Crippen molar-refractivity contribution in [2.45, 2.75) is 52.3 Å². The second-order valence-electron chi connectivity index (χ2n) is 8.55. The minimum atomic E-state index is -0.888. The summed E-state index contributed by atoms with van der Waals surface area (Å²) in [6.07, 6.45) is 2.17. The van der Waals surface area contributed by atoms with Crippen molar-refractivity contribution in [3.05, 3.63) is 82.4 Å². The van der Waals surface area contributed by atoms with Crippen LogP contribution in [0.2, 0.25) is 0 Å². The summed E-state index contributed by atoms with van der Waals surface area (Å²) in [5, 5.41) is 11.9. The van der Waals surface area contributed by atoms with Gasteiger partial charge in [0.1, 0.15) is 0 Å². The Balaban J connectivity index is 1.69. The van der Waals surface area contributed by atoms with E-state index in [0.29, 0.717) is 5.56 Å². The van der Waals surface area contributed by atoms with Crippen LogP contribution in [0.5, 0.6) is 0 Å². The molecule has 0 aliphatic carbocycles. The van der Waals surface area contributed by atoms with Crippen LogP contribution in [-0.4, -0.2) is 35.2 Å². The fourth-order valence-corrected chi connectivity index (χ4v) is 4.96. The van der Waals surface area contributed by atoms with Gasteiger partial charge in [0.2, 0.25) is 0 Å². The highest BCUT2D eigenvalue weighted by Gasteiger charge is 2.30. The summed E-state index contributed by atoms with van der Waals surface area (Å²) in [4.78, 5) is 13.8. The van der Waals surface area contributed by atoms with Crippen LogP contribution in [0.3, 0.4) is 0 Å². The van der Waals surface area contributed by atoms with Crippen LogP contribution in [0, 0.1) is 13.8 Å². The fraction of sp³-hybridized carbons (Fsp3) is 0.370. The molecule has 0 spiro atoms. The molecule has 1 saturated heterocycles. The first-order valence-electron chi connectivity index (χ1n) is 11.1. The Morgan fingerprint density at radius 3 is 2.45 bits per heavy atom. The number of aryl methyl sites for hydroxylation is 2. The van der Waals surface area contributed by atoms with E-state index in [9.17, 15) is 9.90 Å². The molecule has 0 bridgehead atoms. The van der Waals surface area contributed by atoms with Crippen LogP contribution in [-0.2, 0) is 11.3 Å². The predicted molar refractivity (Wildman–Crippen MR) is 125 cm³/mol. The molecule has 1 aliphatic heterocycles. The monoisotopic (exact) mass is 417 g/mol. The summed E-state index contributed by atoms with van der Waals surface area (Å²) in [6.45, 7) is 8.98. The average molecular weight is 418 g/mol. The summed E-state index contributed by atoms with van der Waals surface area (Å²) < 4.78 is 5.98. The fourth-order valence-electron chi connectivity index (χ4n) is 4.96. The Kier molecular flexibility index (Phi) is 6.40. The Morgan fingerprint density at radius 2 is 1.77 bits per heavy atom. The minimum Gasteiger partial charge on any atom is -0.478 e. The van der Waals surface area contributed by atoms with Gasteiger partial charge in [0.15, 0.2) is 0 Å². The number of carboxylic acids is 1. The van der Waals surface area contributed by atoms with Crippen LogP contribution in [0.4, 0.5) is 0 Å². The Hall–Kier alpha value is -2.69. The van der Waals surface area contributed by atoms with Gasteiger partial charge in [-0.15, -0.1) is 0 Å². The van der Waals surface area contributed by atoms with Gasteiger partial charge in [-0.2, -0.15) is 0 Å². The molecule has 2 atom stereocenters. The summed E-state index contributed by atoms with van der Waals surface area (Å²) in [5.74, 6) is -0.888. The lowest BCUT2D eigenvalue weighted by molar-refractivity contribution is -0.0137. The average Bonchev–Trinajstić information content (AvgIpc) is 2.77. The maximum atomic E-state index is 11.3. The highest BCUT2D eigenvalue weighted by atomic mass is 16.5. The number of rotatable bonds is 6. The first kappa shape index (κ1) is 21.5. The van der Waals surface area contributed by atoms with Crippen molar-refractivity contribution in [3.63, 3.8) is 0 Å². The van der Waals surface area contributed by atoms with Gasteiger partial charge in [-0.1, -0.05) is 42.5 Å². The van der Waals surface area contributed by atoms with E-state index in [0.717, 1.165) is 38.1 Å². The molecule has 1 fully saturated rings. The molecule has 4 heteroatoms. The molecule has 3 aromatic rings. The first-order valence-corrected chi connectivity index (χ1v) is 11.1. The number of hydrogen-bond acceptors (Lipinski definition) is 3. The second kappa shape index (κ2) is 9.21. The van der Waals surface area contributed by atoms with E-state index in [2.05, 4.69) is 49.1 Å². The topological polar surface area (TPSA) is 49.8 Å². The van der Waals surface area contributed by atoms with E-state index in [1.165, 1.54) is 27.5 Å². The van der Waals surface area contributed by atoms with Crippen LogP contribution in [0.15, 0.2) is 54.6 Å². The minimum absolute atomic E-state index is 0.201. The Labute approximate surface area is 184 Å². The molecule has 0 saturated carbocycles. The van der Waals surface area contributed by atoms with Crippen LogP contribution in [0.1, 0.15) is 58.4 Å². The number of nitrogens with zero attached hydrogens (tertiary/aromatic N) is 1. The number of likely N-dealkylation sites (tertiary alicyclic amines) is 1. The largest absolute Gasteiger partial charge is 0.478 e. The van der Waals surface area contributed by atoms with Gasteiger partial charge in [-0.25, -0.2) is 4.79 Å². The molecule has 4 nitrogen and oxygen atoms in total. The maximum Gasteiger partial charge on any atom is 0.335 e. The zero-order chi connectivity index (χ0) is 22.0. The van der Waals surface area contributed by atoms with Crippen molar-refractivity contribution in [2.24, 2.45) is 0 Å². The number of piperidine rings is 1. The van der Waals surface area contributed by atoms with Crippen LogP contribution >= 0.6 is 0 Å². The zero-order valence-corrected chi connectivity index (χ0v) is 18.6. The quantitative estimate of drug-likeness (QED) is 0.543. The van der Waals surface area contributed by atoms with Gasteiger partial charge in [-0.05, 0) is 78.8 Å². The van der Waals surface area contributed by atoms with Crippen LogP contribution < -0.4 is 0 Å². The van der Waals surface area contributed by atoms with Gasteiger partial charge >= 0.3 is 5.97 Å². The lowest BCUT2D eigenvalue weighted by Crippen LogP contribution is -2.39. The van der Waals surface area contributed by atoms with E-state index in [1.807, 2.05) is 19.1 Å². The first-order chi connectivity index (χ1) is 15.0. The molecule has 4 rings (SSSR count).